The van der Waals surface area contributed by atoms with Crippen LogP contribution in [-0.2, 0) is 0 Å². The Bertz CT molecular complexity index is 3770. The van der Waals surface area contributed by atoms with Gasteiger partial charge >= 0.3 is 0 Å². The Morgan fingerprint density at radius 2 is 0.890 bits per heavy atom. The molecule has 8 nitrogen and oxygen atoms in total. The number of hydrogen-bond acceptors (Lipinski definition) is 11. The molecule has 4 unspecified atom stereocenters. The molecule has 0 amide bonds. The number of unbranched alkanes of at least 4 members (excludes halogenated alkanes) is 4. The lowest BCUT2D eigenvalue weighted by Gasteiger charge is -2.35. The maximum Gasteiger partial charge on any atom is 0.270 e. The topological polar surface area (TPSA) is 128 Å². The zero-order chi connectivity index (χ0) is 65.3. The molecule has 4 atom stereocenters. The molecule has 0 saturated carbocycles. The van der Waals surface area contributed by atoms with E-state index in [0.717, 1.165) is 159 Å². The summed E-state index contributed by atoms with van der Waals surface area (Å²) < 4.78 is 73.5. The summed E-state index contributed by atoms with van der Waals surface area (Å²) in [6.07, 6.45) is 20.0. The predicted octanol–water partition coefficient (Wildman–Crippen LogP) is 21.5. The number of ketones is 2. The van der Waals surface area contributed by atoms with Crippen LogP contribution in [0, 0.1) is 87.5 Å². The number of nitrogens with zero attached hydrogens (tertiary/aromatic N) is 4. The summed E-state index contributed by atoms with van der Waals surface area (Å²) in [6.45, 7) is 26.7. The minimum absolute atomic E-state index is 0.00146. The maximum absolute atomic E-state index is 15.0. The van der Waals surface area contributed by atoms with Crippen molar-refractivity contribution >= 4 is 98.7 Å². The summed E-state index contributed by atoms with van der Waals surface area (Å²) in [4.78, 5) is 39.6. The van der Waals surface area contributed by atoms with Gasteiger partial charge in [-0.05, 0) is 131 Å². The lowest BCUT2D eigenvalue weighted by Crippen LogP contribution is -2.56. The third-order valence-corrected chi connectivity index (χ3v) is 29.3. The van der Waals surface area contributed by atoms with Gasteiger partial charge in [-0.2, -0.15) is 10.5 Å². The summed E-state index contributed by atoms with van der Waals surface area (Å²) in [5.41, 5.74) is -1.09. The number of nitriles is 3. The Balaban J connectivity index is 1.27. The van der Waals surface area contributed by atoms with Crippen LogP contribution in [0.15, 0.2) is 70.9 Å². The molecule has 2 aromatic carbocycles. The van der Waals surface area contributed by atoms with Gasteiger partial charge in [0, 0.05) is 62.7 Å². The third kappa shape index (κ3) is 14.0. The number of allylic oxidation sites excluding steroid dienone is 6. The van der Waals surface area contributed by atoms with Crippen molar-refractivity contribution in [2.24, 2.45) is 23.7 Å². The number of thiophene rings is 4. The van der Waals surface area contributed by atoms with E-state index in [0.29, 0.717) is 46.3 Å². The molecule has 0 bridgehead atoms. The van der Waals surface area contributed by atoms with Crippen LogP contribution in [0.3, 0.4) is 0 Å². The molecule has 0 spiro atoms. The van der Waals surface area contributed by atoms with Gasteiger partial charge in [-0.15, -0.1) is 45.3 Å². The molecule has 1 aliphatic heterocycles. The van der Waals surface area contributed by atoms with Gasteiger partial charge in [0.05, 0.1) is 35.6 Å². The first-order chi connectivity index (χ1) is 44.0. The summed E-state index contributed by atoms with van der Waals surface area (Å²) >= 11 is 6.39. The van der Waals surface area contributed by atoms with Gasteiger partial charge in [-0.25, -0.2) is 27.7 Å². The minimum atomic E-state index is -2.75. The van der Waals surface area contributed by atoms with Crippen LogP contribution >= 0.6 is 45.3 Å². The monoisotopic (exact) mass is 1320 g/mol. The molecule has 17 heteroatoms. The minimum Gasteiger partial charge on any atom is -0.492 e. The molecule has 0 fully saturated rings. The van der Waals surface area contributed by atoms with Crippen LogP contribution in [0.25, 0.3) is 57.4 Å². The van der Waals surface area contributed by atoms with Crippen LogP contribution in [0.5, 0.6) is 11.5 Å². The molecular weight excluding hydrogens is 1240 g/mol. The molecule has 91 heavy (non-hydrogen) atoms. The number of ether oxygens (including phenoxy) is 2. The molecule has 0 radical (unpaired) electrons. The largest absolute Gasteiger partial charge is 0.492 e. The summed E-state index contributed by atoms with van der Waals surface area (Å²) in [7, 11) is -2.75. The van der Waals surface area contributed by atoms with Crippen LogP contribution < -0.4 is 19.8 Å². The Morgan fingerprint density at radius 3 is 1.25 bits per heavy atom. The Hall–Kier alpha value is -6.96. The molecule has 6 aromatic rings. The smallest absolute Gasteiger partial charge is 0.270 e. The lowest BCUT2D eigenvalue weighted by molar-refractivity contribution is 0.103. The molecule has 474 valence electrons. The van der Waals surface area contributed by atoms with Gasteiger partial charge in [0.15, 0.2) is 34.8 Å². The number of carbonyl (C=O) groups excluding carboxylic acids is 2. The Morgan fingerprint density at radius 1 is 0.516 bits per heavy atom. The highest BCUT2D eigenvalue weighted by Gasteiger charge is 2.50. The second-order valence-electron chi connectivity index (χ2n) is 24.5. The van der Waals surface area contributed by atoms with Crippen molar-refractivity contribution in [3.05, 3.63) is 138 Å². The van der Waals surface area contributed by atoms with Gasteiger partial charge in [-0.1, -0.05) is 145 Å². The van der Waals surface area contributed by atoms with Crippen molar-refractivity contribution < 1.29 is 36.6 Å². The van der Waals surface area contributed by atoms with E-state index in [1.165, 1.54) is 42.8 Å². The molecule has 5 heterocycles. The van der Waals surface area contributed by atoms with Gasteiger partial charge < -0.3 is 9.47 Å². The van der Waals surface area contributed by atoms with Gasteiger partial charge in [0.2, 0.25) is 0 Å². The normalized spacial score (nSPS) is 17.5. The molecule has 3 aliphatic rings. The van der Waals surface area contributed by atoms with Crippen molar-refractivity contribution in [3.63, 3.8) is 0 Å². The van der Waals surface area contributed by atoms with E-state index >= 15 is 0 Å². The van der Waals surface area contributed by atoms with Crippen LogP contribution in [0.4, 0.5) is 17.6 Å². The van der Waals surface area contributed by atoms with Crippen molar-refractivity contribution in [1.29, 1.82) is 15.8 Å². The summed E-state index contributed by atoms with van der Waals surface area (Å²) in [5, 5.41) is 33.4. The SMILES string of the molecule is [C-]#[N+]C(C#N)=C1/C(=C/c2cc(OCC(CC)CCCC)c(-c3cc4c(s3)-c3sc(-c5sc(/C=C6\C(=O)c7cc(F)c(F)cc7C6=C(C#N)C#N)cc5OCC(CC)CCCC)cc3[Si]4(CC(CC)CCCC)CC(CC)CCCC)s2)C(=O)c2cc(F)c(F)cc21. The van der Waals surface area contributed by atoms with Gasteiger partial charge in [-0.3, -0.25) is 9.59 Å². The first kappa shape index (κ1) is 68.4. The van der Waals surface area contributed by atoms with Crippen molar-refractivity contribution in [1.82, 2.24) is 0 Å². The average molecular weight is 1320 g/mol. The maximum atomic E-state index is 15.0. The first-order valence-electron chi connectivity index (χ1n) is 32.4. The third-order valence-electron chi connectivity index (χ3n) is 18.7. The number of benzene rings is 2. The van der Waals surface area contributed by atoms with Crippen molar-refractivity contribution in [2.45, 2.75) is 170 Å². The highest BCUT2D eigenvalue weighted by atomic mass is 32.1. The zero-order valence-corrected chi connectivity index (χ0v) is 57.6. The number of rotatable bonds is 30. The molecule has 4 aromatic heterocycles. The fourth-order valence-electron chi connectivity index (χ4n) is 13.3. The lowest BCUT2D eigenvalue weighted by atomic mass is 9.99. The van der Waals surface area contributed by atoms with Crippen LogP contribution in [0.2, 0.25) is 12.1 Å². The molecule has 0 saturated heterocycles. The van der Waals surface area contributed by atoms with E-state index in [1.807, 2.05) is 30.3 Å². The van der Waals surface area contributed by atoms with E-state index in [-0.39, 0.29) is 62.0 Å². The molecular formula is C74H78F4N4O4S4Si. The van der Waals surface area contributed by atoms with Crippen LogP contribution in [-0.4, -0.2) is 32.9 Å². The average Bonchev–Trinajstić information content (AvgIpc) is 1.54. The number of Topliss-reactive ketones (excluding diaryl/α,β-unsaturated/α-hetero) is 2. The summed E-state index contributed by atoms with van der Waals surface area (Å²) in [6, 6.07) is 20.0. The number of fused-ring (bicyclic) bond motifs is 5. The summed E-state index contributed by atoms with van der Waals surface area (Å²) in [5.74, 6) is -3.26. The molecule has 9 rings (SSSR count). The second-order valence-corrected chi connectivity index (χ2v) is 32.8. The van der Waals surface area contributed by atoms with E-state index in [2.05, 4.69) is 72.4 Å². The van der Waals surface area contributed by atoms with Crippen molar-refractivity contribution in [3.8, 4) is 59.0 Å². The first-order valence-corrected chi connectivity index (χ1v) is 38.1. The van der Waals surface area contributed by atoms with E-state index < -0.39 is 48.6 Å². The van der Waals surface area contributed by atoms with E-state index in [9.17, 15) is 42.9 Å². The van der Waals surface area contributed by atoms with E-state index in [1.54, 1.807) is 34.8 Å². The highest BCUT2D eigenvalue weighted by molar-refractivity contribution is 7.34. The number of carbonyl (C=O) groups is 2. The van der Waals surface area contributed by atoms with E-state index in [4.69, 9.17) is 16.0 Å². The van der Waals surface area contributed by atoms with Crippen LogP contribution in [0.1, 0.15) is 200 Å². The zero-order valence-electron chi connectivity index (χ0n) is 53.3. The fourth-order valence-corrected chi connectivity index (χ4v) is 26.0. The number of halogens is 4. The van der Waals surface area contributed by atoms with Gasteiger partial charge in [0.25, 0.3) is 5.70 Å². The quantitative estimate of drug-likeness (QED) is 0.0144. The highest BCUT2D eigenvalue weighted by Crippen LogP contribution is 2.54. The van der Waals surface area contributed by atoms with Crippen molar-refractivity contribution in [2.75, 3.05) is 13.2 Å². The second kappa shape index (κ2) is 30.6. The standard InChI is InChI=1S/C74H78F4N4O4S4Si/c1-10-18-22-43(14-5)39-85-61-28-48(26-54-67(47(36-79)37-80)50-30-56(75)58(77)32-52(50)69(54)83)87-71(61)63-34-65-73(89-63)74-66(91(65,41-45(16-7)24-20-12-3)42-46(17-8)25-21-13-4)35-64(90-74)72-62(86-40-44(15-6)23-19-11-2)29-49(88-72)27-55-68(60(38-81)82-9)51-31-57(76)59(78)33-53(51)70(55)84/h26-35,43-46H,10-25,39-42H2,1-8H3/b54-26-,55-27-,68-60?. The molecule has 0 N–H and O–H groups in total. The number of hydrogen-bond donors (Lipinski definition) is 0. The van der Waals surface area contributed by atoms with Gasteiger partial charge in [0.1, 0.15) is 37.3 Å². The fraction of sp³-hybridized carbons (Fsp3) is 0.432. The Labute approximate surface area is 551 Å². The Kier molecular flexibility index (Phi) is 23.0. The molecule has 2 aliphatic carbocycles. The predicted molar refractivity (Wildman–Crippen MR) is 368 cm³/mol.